The highest BCUT2D eigenvalue weighted by molar-refractivity contribution is 5.47. The van der Waals surface area contributed by atoms with E-state index in [9.17, 15) is 10.2 Å². The molecule has 3 aliphatic rings. The first-order chi connectivity index (χ1) is 4.99. The van der Waals surface area contributed by atoms with Gasteiger partial charge in [-0.15, -0.1) is 0 Å². The summed E-state index contributed by atoms with van der Waals surface area (Å²) in [5.41, 5.74) is -0.776. The largest absolute Gasteiger partial charge is 0.392 e. The highest BCUT2D eigenvalue weighted by Gasteiger charge is 2.95. The maximum absolute atomic E-state index is 9.80. The van der Waals surface area contributed by atoms with E-state index in [1.165, 1.54) is 0 Å². The lowest BCUT2D eigenvalue weighted by Crippen LogP contribution is -2.75. The van der Waals surface area contributed by atoms with Gasteiger partial charge in [0, 0.05) is 11.3 Å². The van der Waals surface area contributed by atoms with Crippen LogP contribution >= 0.6 is 0 Å². The van der Waals surface area contributed by atoms with Crippen molar-refractivity contribution in [3.05, 3.63) is 0 Å². The summed E-state index contributed by atoms with van der Waals surface area (Å²) in [6.45, 7) is 4.06. The van der Waals surface area contributed by atoms with Crippen molar-refractivity contribution in [3.63, 3.8) is 0 Å². The average Bonchev–Trinajstić information content (AvgIpc) is 2.56. The number of aliphatic hydroxyl groups is 2. The minimum Gasteiger partial charge on any atom is -0.392 e. The van der Waals surface area contributed by atoms with Crippen LogP contribution < -0.4 is 5.32 Å². The van der Waals surface area contributed by atoms with Crippen LogP contribution in [0.25, 0.3) is 0 Å². The van der Waals surface area contributed by atoms with Gasteiger partial charge in [-0.2, -0.15) is 0 Å². The van der Waals surface area contributed by atoms with Crippen LogP contribution in [0.2, 0.25) is 0 Å². The van der Waals surface area contributed by atoms with Gasteiger partial charge in [-0.05, 0) is 6.42 Å². The first-order valence-electron chi connectivity index (χ1n) is 4.19. The minimum absolute atomic E-state index is 0.0538. The van der Waals surface area contributed by atoms with Crippen molar-refractivity contribution < 1.29 is 10.2 Å². The van der Waals surface area contributed by atoms with Gasteiger partial charge in [0.25, 0.3) is 0 Å². The molecule has 11 heavy (non-hydrogen) atoms. The molecule has 3 nitrogen and oxygen atoms in total. The Morgan fingerprint density at radius 2 is 2.18 bits per heavy atom. The summed E-state index contributed by atoms with van der Waals surface area (Å²) < 4.78 is 0. The van der Waals surface area contributed by atoms with Crippen molar-refractivity contribution in [2.75, 3.05) is 0 Å². The van der Waals surface area contributed by atoms with Gasteiger partial charge in [0.1, 0.15) is 5.72 Å². The fraction of sp³-hybridized carbons (Fsp3) is 1.00. The van der Waals surface area contributed by atoms with Crippen molar-refractivity contribution in [1.29, 1.82) is 0 Å². The van der Waals surface area contributed by atoms with Crippen molar-refractivity contribution in [2.45, 2.75) is 37.6 Å². The standard InChI is InChI=1S/C8H13NO2/c1-4-6(2)5(10)3-7(6)8(4,11)9-7/h4-5,9-11H,3H2,1-2H3. The van der Waals surface area contributed by atoms with Gasteiger partial charge in [-0.25, -0.2) is 0 Å². The Hall–Kier alpha value is -0.120. The molecule has 1 spiro atoms. The summed E-state index contributed by atoms with van der Waals surface area (Å²) in [5.74, 6) is 0.193. The zero-order chi connectivity index (χ0) is 8.07. The van der Waals surface area contributed by atoms with E-state index in [1.807, 2.05) is 6.92 Å². The molecule has 0 amide bonds. The van der Waals surface area contributed by atoms with E-state index < -0.39 is 5.72 Å². The van der Waals surface area contributed by atoms with E-state index in [-0.39, 0.29) is 23.0 Å². The van der Waals surface area contributed by atoms with E-state index in [0.29, 0.717) is 0 Å². The molecule has 0 aromatic rings. The van der Waals surface area contributed by atoms with E-state index in [4.69, 9.17) is 0 Å². The van der Waals surface area contributed by atoms with Gasteiger partial charge in [-0.1, -0.05) is 13.8 Å². The Kier molecular flexibility index (Phi) is 0.677. The van der Waals surface area contributed by atoms with Crippen molar-refractivity contribution in [1.82, 2.24) is 5.32 Å². The van der Waals surface area contributed by atoms with E-state index in [1.54, 1.807) is 0 Å². The normalized spacial score (nSPS) is 77.5. The first kappa shape index (κ1) is 6.40. The van der Waals surface area contributed by atoms with Crippen LogP contribution in [0.4, 0.5) is 0 Å². The van der Waals surface area contributed by atoms with Crippen molar-refractivity contribution in [2.24, 2.45) is 11.3 Å². The monoisotopic (exact) mass is 155 g/mol. The molecule has 0 bridgehead atoms. The van der Waals surface area contributed by atoms with Crippen LogP contribution in [0.1, 0.15) is 20.3 Å². The minimum atomic E-state index is -0.624. The molecule has 5 unspecified atom stereocenters. The van der Waals surface area contributed by atoms with Gasteiger partial charge in [0.15, 0.2) is 0 Å². The zero-order valence-corrected chi connectivity index (χ0v) is 6.76. The van der Waals surface area contributed by atoms with Crippen LogP contribution in [-0.4, -0.2) is 27.6 Å². The van der Waals surface area contributed by atoms with E-state index >= 15 is 0 Å². The van der Waals surface area contributed by atoms with Crippen LogP contribution in [0.5, 0.6) is 0 Å². The second-order valence-electron chi connectivity index (χ2n) is 4.52. The molecule has 1 heterocycles. The number of nitrogens with one attached hydrogen (secondary N) is 1. The molecule has 2 saturated carbocycles. The lowest BCUT2D eigenvalue weighted by molar-refractivity contribution is -0.241. The molecule has 3 N–H and O–H groups in total. The SMILES string of the molecule is CC1C2(O)NC23CC(O)C13C. The highest BCUT2D eigenvalue weighted by Crippen LogP contribution is 2.79. The van der Waals surface area contributed by atoms with Gasteiger partial charge >= 0.3 is 0 Å². The Morgan fingerprint density at radius 1 is 1.55 bits per heavy atom. The molecule has 0 aromatic heterocycles. The third-order valence-corrected chi connectivity index (χ3v) is 4.63. The lowest BCUT2D eigenvalue weighted by atomic mass is 9.40. The molecule has 5 atom stereocenters. The molecule has 3 fully saturated rings. The average molecular weight is 155 g/mol. The van der Waals surface area contributed by atoms with Gasteiger partial charge in [-0.3, -0.25) is 5.32 Å². The zero-order valence-electron chi connectivity index (χ0n) is 6.76. The molecule has 3 rings (SSSR count). The highest BCUT2D eigenvalue weighted by atomic mass is 16.3. The van der Waals surface area contributed by atoms with Crippen LogP contribution in [0.15, 0.2) is 0 Å². The topological polar surface area (TPSA) is 62.4 Å². The quantitative estimate of drug-likeness (QED) is 0.411. The van der Waals surface area contributed by atoms with E-state index in [0.717, 1.165) is 6.42 Å². The molecular weight excluding hydrogens is 142 g/mol. The molecule has 1 aliphatic heterocycles. The maximum atomic E-state index is 9.80. The van der Waals surface area contributed by atoms with Gasteiger partial charge in [0.05, 0.1) is 11.6 Å². The number of aliphatic hydroxyl groups excluding tert-OH is 1. The predicted octanol–water partition coefficient (Wildman–Crippen LogP) is -0.562. The summed E-state index contributed by atoms with van der Waals surface area (Å²) in [6.07, 6.45) is 0.512. The van der Waals surface area contributed by atoms with Gasteiger partial charge < -0.3 is 10.2 Å². The fourth-order valence-electron chi connectivity index (χ4n) is 3.41. The summed E-state index contributed by atoms with van der Waals surface area (Å²) in [7, 11) is 0. The molecule has 0 aromatic carbocycles. The summed E-state index contributed by atoms with van der Waals surface area (Å²) >= 11 is 0. The van der Waals surface area contributed by atoms with Crippen LogP contribution in [-0.2, 0) is 0 Å². The third kappa shape index (κ3) is 0.305. The van der Waals surface area contributed by atoms with Crippen molar-refractivity contribution >= 4 is 0 Å². The smallest absolute Gasteiger partial charge is 0.138 e. The predicted molar refractivity (Wildman–Crippen MR) is 38.7 cm³/mol. The molecule has 0 radical (unpaired) electrons. The molecule has 1 saturated heterocycles. The second kappa shape index (κ2) is 1.16. The van der Waals surface area contributed by atoms with Gasteiger partial charge in [0.2, 0.25) is 0 Å². The second-order valence-corrected chi connectivity index (χ2v) is 4.52. The lowest BCUT2D eigenvalue weighted by Gasteiger charge is -2.64. The Morgan fingerprint density at radius 3 is 2.45 bits per heavy atom. The molecule has 62 valence electrons. The molecular formula is C8H13NO2. The summed E-state index contributed by atoms with van der Waals surface area (Å²) in [6, 6.07) is 0. The van der Waals surface area contributed by atoms with E-state index in [2.05, 4.69) is 12.2 Å². The molecule has 2 aliphatic carbocycles. The first-order valence-corrected chi connectivity index (χ1v) is 4.19. The molecule has 3 heteroatoms. The summed E-state index contributed by atoms with van der Waals surface area (Å²) in [5, 5.41) is 22.4. The van der Waals surface area contributed by atoms with Crippen LogP contribution in [0, 0.1) is 11.3 Å². The maximum Gasteiger partial charge on any atom is 0.138 e. The Balaban J connectivity index is 2.04. The Bertz CT molecular complexity index is 252. The Labute approximate surface area is 65.4 Å². The van der Waals surface area contributed by atoms with Crippen LogP contribution in [0.3, 0.4) is 0 Å². The number of hydrogen-bond acceptors (Lipinski definition) is 3. The van der Waals surface area contributed by atoms with Crippen molar-refractivity contribution in [3.8, 4) is 0 Å². The number of hydrogen-bond donors (Lipinski definition) is 3. The number of rotatable bonds is 0. The summed E-state index contributed by atoms with van der Waals surface area (Å²) in [4.78, 5) is 0. The third-order valence-electron chi connectivity index (χ3n) is 4.63. The fourth-order valence-corrected chi connectivity index (χ4v) is 3.41.